The number of nitrogens with one attached hydrogen (secondary N) is 2. The number of benzene rings is 1. The van der Waals surface area contributed by atoms with Gasteiger partial charge in [0.2, 0.25) is 5.95 Å². The van der Waals surface area contributed by atoms with E-state index in [1.54, 1.807) is 18.3 Å². The highest BCUT2D eigenvalue weighted by atomic mass is 32.2. The predicted molar refractivity (Wildman–Crippen MR) is 125 cm³/mol. The number of para-hydroxylation sites is 1. The number of carbonyl (C=O) groups excluding carboxylic acids is 2. The summed E-state index contributed by atoms with van der Waals surface area (Å²) in [5.74, 6) is 0.128. The van der Waals surface area contributed by atoms with Gasteiger partial charge in [0, 0.05) is 30.7 Å². The summed E-state index contributed by atoms with van der Waals surface area (Å²) in [5.41, 5.74) is 2.67. The molecule has 2 aliphatic rings. The lowest BCUT2D eigenvalue weighted by Gasteiger charge is -2.33. The Morgan fingerprint density at radius 3 is 2.94 bits per heavy atom. The van der Waals surface area contributed by atoms with Crippen molar-refractivity contribution in [2.24, 2.45) is 0 Å². The minimum atomic E-state index is -0.390. The molecule has 0 saturated carbocycles. The molecule has 32 heavy (non-hydrogen) atoms. The summed E-state index contributed by atoms with van der Waals surface area (Å²) >= 11 is 0.880. The first-order valence-corrected chi connectivity index (χ1v) is 11.4. The highest BCUT2D eigenvalue weighted by molar-refractivity contribution is 8.18. The van der Waals surface area contributed by atoms with Crippen LogP contribution >= 0.6 is 11.8 Å². The third kappa shape index (κ3) is 4.79. The minimum Gasteiger partial charge on any atom is -0.350 e. The van der Waals surface area contributed by atoms with Crippen LogP contribution in [-0.4, -0.2) is 50.1 Å². The van der Waals surface area contributed by atoms with Crippen molar-refractivity contribution in [1.29, 1.82) is 0 Å². The van der Waals surface area contributed by atoms with Gasteiger partial charge in [-0.15, -0.1) is 0 Å². The van der Waals surface area contributed by atoms with Gasteiger partial charge in [-0.2, -0.15) is 0 Å². The molecule has 3 aromatic rings. The Labute approximate surface area is 189 Å². The van der Waals surface area contributed by atoms with E-state index < -0.39 is 5.91 Å². The molecule has 8 nitrogen and oxygen atoms in total. The molecule has 4 heterocycles. The van der Waals surface area contributed by atoms with Gasteiger partial charge in [-0.05, 0) is 55.4 Å². The molecule has 0 spiro atoms. The molecule has 0 unspecified atom stereocenters. The van der Waals surface area contributed by atoms with Crippen LogP contribution in [0.2, 0.25) is 0 Å². The van der Waals surface area contributed by atoms with E-state index in [2.05, 4.69) is 43.7 Å². The number of nitrogens with zero attached hydrogens (tertiary/aromatic N) is 4. The van der Waals surface area contributed by atoms with Crippen molar-refractivity contribution in [3.63, 3.8) is 0 Å². The summed E-state index contributed by atoms with van der Waals surface area (Å²) in [6.07, 6.45) is 5.37. The third-order valence-electron chi connectivity index (χ3n) is 5.48. The molecule has 1 atom stereocenters. The number of aromatic nitrogens is 3. The van der Waals surface area contributed by atoms with Gasteiger partial charge in [-0.25, -0.2) is 9.97 Å². The molecule has 2 aliphatic heterocycles. The van der Waals surface area contributed by atoms with Gasteiger partial charge in [-0.1, -0.05) is 24.3 Å². The maximum Gasteiger partial charge on any atom is 0.290 e. The minimum absolute atomic E-state index is 0.220. The Morgan fingerprint density at radius 2 is 2.06 bits per heavy atom. The molecule has 0 bridgehead atoms. The number of hydrogen-bond acceptors (Lipinski definition) is 8. The number of thioether (sulfide) groups is 1. The molecular weight excluding hydrogens is 424 g/mol. The molecule has 0 aliphatic carbocycles. The fraction of sp³-hybridized carbons (Fsp3) is 0.261. The number of carbonyl (C=O) groups is 2. The number of imide groups is 1. The first-order chi connectivity index (χ1) is 15.6. The lowest BCUT2D eigenvalue weighted by molar-refractivity contribution is -0.115. The van der Waals surface area contributed by atoms with Crippen molar-refractivity contribution in [1.82, 2.24) is 25.2 Å². The Bertz CT molecular complexity index is 1210. The van der Waals surface area contributed by atoms with E-state index >= 15 is 0 Å². The van der Waals surface area contributed by atoms with Crippen molar-refractivity contribution >= 4 is 45.8 Å². The summed E-state index contributed by atoms with van der Waals surface area (Å²) in [7, 11) is 0. The van der Waals surface area contributed by atoms with E-state index in [4.69, 9.17) is 4.98 Å². The highest BCUT2D eigenvalue weighted by Crippen LogP contribution is 2.25. The number of pyridine rings is 1. The fourth-order valence-corrected chi connectivity index (χ4v) is 4.67. The number of anilines is 1. The third-order valence-corrected chi connectivity index (χ3v) is 6.29. The van der Waals surface area contributed by atoms with Gasteiger partial charge in [0.1, 0.15) is 0 Å². The summed E-state index contributed by atoms with van der Waals surface area (Å²) < 4.78 is 0. The van der Waals surface area contributed by atoms with Crippen LogP contribution in [-0.2, 0) is 11.3 Å². The Kier molecular flexibility index (Phi) is 5.83. The van der Waals surface area contributed by atoms with Crippen LogP contribution in [0.3, 0.4) is 0 Å². The van der Waals surface area contributed by atoms with Gasteiger partial charge in [-0.3, -0.25) is 24.8 Å². The Morgan fingerprint density at radius 1 is 1.16 bits per heavy atom. The van der Waals surface area contributed by atoms with Crippen LogP contribution in [0.15, 0.2) is 53.6 Å². The number of amides is 2. The van der Waals surface area contributed by atoms with Crippen molar-refractivity contribution in [2.45, 2.75) is 25.4 Å². The van der Waals surface area contributed by atoms with Crippen LogP contribution in [0.5, 0.6) is 0 Å². The molecule has 9 heteroatoms. The smallest absolute Gasteiger partial charge is 0.290 e. The molecule has 5 rings (SSSR count). The summed E-state index contributed by atoms with van der Waals surface area (Å²) in [5, 5.41) is 6.46. The summed E-state index contributed by atoms with van der Waals surface area (Å²) in [6.45, 7) is 2.70. The maximum atomic E-state index is 11.8. The number of likely N-dealkylation sites (tertiary alicyclic amines) is 1. The van der Waals surface area contributed by atoms with Crippen LogP contribution in [0.4, 0.5) is 10.7 Å². The van der Waals surface area contributed by atoms with Crippen LogP contribution in [0.1, 0.15) is 24.2 Å². The van der Waals surface area contributed by atoms with E-state index in [-0.39, 0.29) is 11.3 Å². The maximum absolute atomic E-state index is 11.8. The summed E-state index contributed by atoms with van der Waals surface area (Å²) in [4.78, 5) is 39.5. The largest absolute Gasteiger partial charge is 0.350 e. The molecule has 2 amide bonds. The zero-order chi connectivity index (χ0) is 21.9. The molecule has 2 N–H and O–H groups in total. The summed E-state index contributed by atoms with van der Waals surface area (Å²) in [6, 6.07) is 14.3. The average Bonchev–Trinajstić information content (AvgIpc) is 3.10. The normalized spacial score (nSPS) is 20.6. The standard InChI is InChI=1S/C23H22N6O2S/c30-21-20(32-23(31)28-21)12-16-9-10-24-22(26-16)27-17-5-3-11-29(13-17)14-18-8-7-15-4-1-2-6-19(15)25-18/h1-2,4,6-10,12,17H,3,5,11,13-14H2,(H,24,26,27)(H,28,30,31)/b20-12-/t17-/m0/s1. The first kappa shape index (κ1) is 20.6. The zero-order valence-electron chi connectivity index (χ0n) is 17.3. The van der Waals surface area contributed by atoms with Crippen molar-refractivity contribution in [3.8, 4) is 0 Å². The molecule has 2 aromatic heterocycles. The monoisotopic (exact) mass is 446 g/mol. The van der Waals surface area contributed by atoms with E-state index in [0.717, 1.165) is 60.8 Å². The highest BCUT2D eigenvalue weighted by Gasteiger charge is 2.25. The second kappa shape index (κ2) is 9.05. The number of piperidine rings is 1. The second-order valence-electron chi connectivity index (χ2n) is 7.87. The SMILES string of the molecule is O=C1NC(=O)/C(=C/c2ccnc(N[C@H]3CCCN(Cc4ccc5ccccc5n4)C3)n2)S1. The molecule has 2 saturated heterocycles. The topological polar surface area (TPSA) is 100 Å². The second-order valence-corrected chi connectivity index (χ2v) is 8.89. The Balaban J connectivity index is 1.23. The average molecular weight is 447 g/mol. The fourth-order valence-electron chi connectivity index (χ4n) is 4.00. The van der Waals surface area contributed by atoms with Gasteiger partial charge >= 0.3 is 0 Å². The van der Waals surface area contributed by atoms with Gasteiger partial charge in [0.25, 0.3) is 11.1 Å². The van der Waals surface area contributed by atoms with Gasteiger partial charge < -0.3 is 5.32 Å². The van der Waals surface area contributed by atoms with E-state index in [9.17, 15) is 9.59 Å². The number of rotatable bonds is 5. The van der Waals surface area contributed by atoms with E-state index in [0.29, 0.717) is 16.5 Å². The van der Waals surface area contributed by atoms with Gasteiger partial charge in [0.15, 0.2) is 0 Å². The van der Waals surface area contributed by atoms with Crippen molar-refractivity contribution in [3.05, 3.63) is 65.0 Å². The molecule has 0 radical (unpaired) electrons. The number of fused-ring (bicyclic) bond motifs is 1. The molecule has 162 valence electrons. The lowest BCUT2D eigenvalue weighted by Crippen LogP contribution is -2.42. The van der Waals surface area contributed by atoms with E-state index in [1.165, 1.54) is 0 Å². The quantitative estimate of drug-likeness (QED) is 0.575. The van der Waals surface area contributed by atoms with Crippen LogP contribution < -0.4 is 10.6 Å². The Hall–Kier alpha value is -3.30. The van der Waals surface area contributed by atoms with Gasteiger partial charge in [0.05, 0.1) is 21.8 Å². The van der Waals surface area contributed by atoms with Crippen molar-refractivity contribution < 1.29 is 9.59 Å². The lowest BCUT2D eigenvalue weighted by atomic mass is 10.1. The van der Waals surface area contributed by atoms with Crippen LogP contribution in [0, 0.1) is 0 Å². The van der Waals surface area contributed by atoms with E-state index in [1.807, 2.05) is 18.2 Å². The first-order valence-electron chi connectivity index (χ1n) is 10.5. The van der Waals surface area contributed by atoms with Crippen molar-refractivity contribution in [2.75, 3.05) is 18.4 Å². The molecule has 2 fully saturated rings. The van der Waals surface area contributed by atoms with Crippen LogP contribution in [0.25, 0.3) is 17.0 Å². The molecular formula is C23H22N6O2S. The number of hydrogen-bond donors (Lipinski definition) is 2. The zero-order valence-corrected chi connectivity index (χ0v) is 18.1. The molecule has 1 aromatic carbocycles. The predicted octanol–water partition coefficient (Wildman–Crippen LogP) is 3.43.